The van der Waals surface area contributed by atoms with Crippen LogP contribution in [0.2, 0.25) is 0 Å². The molecule has 0 radical (unpaired) electrons. The van der Waals surface area contributed by atoms with Crippen molar-refractivity contribution in [2.75, 3.05) is 11.1 Å². The maximum atomic E-state index is 12.8. The highest BCUT2D eigenvalue weighted by atomic mass is 32.2. The Balaban J connectivity index is 1.11. The molecule has 1 atom stereocenters. The summed E-state index contributed by atoms with van der Waals surface area (Å²) in [5.41, 5.74) is 6.59. The Morgan fingerprint density at radius 3 is 2.50 bits per heavy atom. The minimum atomic E-state index is -1.01. The number of aromatic carboxylic acids is 1. The maximum Gasteiger partial charge on any atom is 0.336 e. The largest absolute Gasteiger partial charge is 0.478 e. The minimum absolute atomic E-state index is 0.114. The van der Waals surface area contributed by atoms with E-state index in [2.05, 4.69) is 40.6 Å². The molecule has 1 amide bonds. The van der Waals surface area contributed by atoms with Crippen molar-refractivity contribution in [3.8, 4) is 17.3 Å². The van der Waals surface area contributed by atoms with Crippen molar-refractivity contribution in [2.24, 2.45) is 0 Å². The molecule has 6 rings (SSSR count). The first-order valence-electron chi connectivity index (χ1n) is 13.6. The smallest absolute Gasteiger partial charge is 0.336 e. The normalized spacial score (nSPS) is 14.1. The Hall–Kier alpha value is -5.00. The number of para-hydroxylation sites is 1. The van der Waals surface area contributed by atoms with Crippen molar-refractivity contribution in [1.29, 1.82) is 5.26 Å². The van der Waals surface area contributed by atoms with Crippen molar-refractivity contribution < 1.29 is 14.7 Å². The number of amides is 1. The van der Waals surface area contributed by atoms with Crippen molar-refractivity contribution in [1.82, 2.24) is 9.97 Å². The number of rotatable bonds is 7. The molecule has 206 valence electrons. The molecule has 2 aromatic heterocycles. The zero-order chi connectivity index (χ0) is 29.1. The van der Waals surface area contributed by atoms with Crippen molar-refractivity contribution >= 4 is 40.2 Å². The summed E-state index contributed by atoms with van der Waals surface area (Å²) in [5, 5.41) is 23.5. The predicted molar refractivity (Wildman–Crippen MR) is 164 cm³/mol. The molecule has 1 aliphatic carbocycles. The average molecular weight is 571 g/mol. The van der Waals surface area contributed by atoms with E-state index >= 15 is 0 Å². The molecule has 0 saturated heterocycles. The molecule has 1 aliphatic rings. The van der Waals surface area contributed by atoms with E-state index in [0.29, 0.717) is 38.8 Å². The van der Waals surface area contributed by atoms with Crippen LogP contribution in [-0.2, 0) is 17.6 Å². The average Bonchev–Trinajstić information content (AvgIpc) is 3.03. The van der Waals surface area contributed by atoms with Crippen molar-refractivity contribution in [3.05, 3.63) is 119 Å². The van der Waals surface area contributed by atoms with E-state index in [0.717, 1.165) is 36.1 Å². The summed E-state index contributed by atoms with van der Waals surface area (Å²) in [6.45, 7) is 0. The Morgan fingerprint density at radius 1 is 0.976 bits per heavy atom. The fraction of sp³-hybridized carbons (Fsp3) is 0.147. The lowest BCUT2D eigenvalue weighted by molar-refractivity contribution is -0.113. The number of hydrogen-bond acceptors (Lipinski definition) is 6. The van der Waals surface area contributed by atoms with E-state index in [1.807, 2.05) is 18.2 Å². The van der Waals surface area contributed by atoms with Crippen molar-refractivity contribution in [3.63, 3.8) is 0 Å². The monoisotopic (exact) mass is 570 g/mol. The first kappa shape index (κ1) is 27.2. The molecule has 0 spiro atoms. The second-order valence-electron chi connectivity index (χ2n) is 10.2. The van der Waals surface area contributed by atoms with Crippen LogP contribution in [-0.4, -0.2) is 32.7 Å². The van der Waals surface area contributed by atoms with Gasteiger partial charge in [-0.15, -0.1) is 0 Å². The number of carbonyl (C=O) groups excluding carboxylic acids is 1. The molecule has 0 bridgehead atoms. The molecule has 7 nitrogen and oxygen atoms in total. The van der Waals surface area contributed by atoms with Crippen LogP contribution in [0.15, 0.2) is 96.0 Å². The number of carbonyl (C=O) groups is 2. The third-order valence-electron chi connectivity index (χ3n) is 7.49. The van der Waals surface area contributed by atoms with Gasteiger partial charge >= 0.3 is 5.97 Å². The van der Waals surface area contributed by atoms with Gasteiger partial charge < -0.3 is 10.4 Å². The Kier molecular flexibility index (Phi) is 7.67. The van der Waals surface area contributed by atoms with Gasteiger partial charge in [-0.25, -0.2) is 14.8 Å². The summed E-state index contributed by atoms with van der Waals surface area (Å²) in [6.07, 6.45) is 2.70. The van der Waals surface area contributed by atoms with Gasteiger partial charge in [0.15, 0.2) is 0 Å². The summed E-state index contributed by atoms with van der Waals surface area (Å²) >= 11 is 1.26. The molecule has 0 saturated carbocycles. The highest BCUT2D eigenvalue weighted by molar-refractivity contribution is 8.00. The highest BCUT2D eigenvalue weighted by Gasteiger charge is 2.23. The number of hydrogen-bond donors (Lipinski definition) is 2. The van der Waals surface area contributed by atoms with E-state index in [4.69, 9.17) is 4.98 Å². The van der Waals surface area contributed by atoms with Crippen molar-refractivity contribution in [2.45, 2.75) is 30.2 Å². The quantitative estimate of drug-likeness (QED) is 0.205. The molecule has 1 unspecified atom stereocenters. The molecule has 2 heterocycles. The number of carboxylic acid groups (broad SMARTS) is 1. The fourth-order valence-corrected chi connectivity index (χ4v) is 6.18. The van der Waals surface area contributed by atoms with E-state index in [9.17, 15) is 20.0 Å². The number of benzene rings is 3. The van der Waals surface area contributed by atoms with Crippen LogP contribution in [0, 0.1) is 11.3 Å². The van der Waals surface area contributed by atoms with Crippen LogP contribution >= 0.6 is 11.8 Å². The third-order valence-corrected chi connectivity index (χ3v) is 8.49. The van der Waals surface area contributed by atoms with Gasteiger partial charge in [0.1, 0.15) is 11.1 Å². The lowest BCUT2D eigenvalue weighted by atomic mass is 9.82. The van der Waals surface area contributed by atoms with E-state index < -0.39 is 5.97 Å². The summed E-state index contributed by atoms with van der Waals surface area (Å²) in [4.78, 5) is 34.0. The van der Waals surface area contributed by atoms with Gasteiger partial charge in [-0.1, -0.05) is 72.4 Å². The zero-order valence-corrected chi connectivity index (χ0v) is 23.4. The number of nitrogens with one attached hydrogen (secondary N) is 1. The third kappa shape index (κ3) is 5.73. The first-order valence-corrected chi connectivity index (χ1v) is 14.6. The van der Waals surface area contributed by atoms with Gasteiger partial charge in [-0.3, -0.25) is 4.79 Å². The maximum absolute atomic E-state index is 12.8. The molecule has 0 fully saturated rings. The number of pyridine rings is 2. The summed E-state index contributed by atoms with van der Waals surface area (Å²) in [5.74, 6) is -0.694. The van der Waals surface area contributed by atoms with Crippen LogP contribution in [0.4, 0.5) is 5.69 Å². The molecule has 2 N–H and O–H groups in total. The molecule has 0 aliphatic heterocycles. The number of nitrogens with zero attached hydrogens (tertiary/aromatic N) is 3. The Bertz CT molecular complexity index is 1850. The highest BCUT2D eigenvalue weighted by Crippen LogP contribution is 2.34. The van der Waals surface area contributed by atoms with Crippen LogP contribution in [0.5, 0.6) is 0 Å². The van der Waals surface area contributed by atoms with Gasteiger partial charge in [0.25, 0.3) is 0 Å². The lowest BCUT2D eigenvalue weighted by Crippen LogP contribution is -2.16. The zero-order valence-electron chi connectivity index (χ0n) is 22.6. The Morgan fingerprint density at radius 2 is 1.74 bits per heavy atom. The summed E-state index contributed by atoms with van der Waals surface area (Å²) in [7, 11) is 0. The lowest BCUT2D eigenvalue weighted by Gasteiger charge is -2.25. The van der Waals surface area contributed by atoms with E-state index in [1.165, 1.54) is 17.3 Å². The van der Waals surface area contributed by atoms with Crippen LogP contribution in [0.3, 0.4) is 0 Å². The van der Waals surface area contributed by atoms with Crippen LogP contribution in [0.25, 0.3) is 22.2 Å². The molecule has 8 heteroatoms. The predicted octanol–water partition coefficient (Wildman–Crippen LogP) is 6.87. The van der Waals surface area contributed by atoms with Gasteiger partial charge in [0.2, 0.25) is 5.91 Å². The molecule has 42 heavy (non-hydrogen) atoms. The first-order chi connectivity index (χ1) is 20.5. The number of fused-ring (bicyclic) bond motifs is 2. The number of aryl methyl sites for hydroxylation is 1. The van der Waals surface area contributed by atoms with Gasteiger partial charge in [0, 0.05) is 22.3 Å². The minimum Gasteiger partial charge on any atom is -0.478 e. The number of thioether (sulfide) groups is 1. The fourth-order valence-electron chi connectivity index (χ4n) is 5.40. The molecular weight excluding hydrogens is 544 g/mol. The van der Waals surface area contributed by atoms with E-state index in [-0.39, 0.29) is 17.2 Å². The number of nitriles is 1. The SMILES string of the molecule is N#Cc1cc2c(nc1SCC(=O)Nc1ccc(-c3cc(C(=O)O)c4ccccc4n3)cc1)CCC(c1ccccc1)C2. The summed E-state index contributed by atoms with van der Waals surface area (Å²) in [6, 6.07) is 30.5. The second-order valence-corrected chi connectivity index (χ2v) is 11.2. The van der Waals surface area contributed by atoms with Crippen LogP contribution in [0.1, 0.15) is 45.1 Å². The number of carboxylic acids is 1. The molecular formula is C34H26N4O3S. The number of anilines is 1. The molecule has 5 aromatic rings. The van der Waals surface area contributed by atoms with Crippen LogP contribution < -0.4 is 5.32 Å². The Labute approximate surface area is 247 Å². The van der Waals surface area contributed by atoms with E-state index in [1.54, 1.807) is 48.5 Å². The summed E-state index contributed by atoms with van der Waals surface area (Å²) < 4.78 is 0. The molecule has 3 aromatic carbocycles. The van der Waals surface area contributed by atoms with Gasteiger partial charge in [-0.2, -0.15) is 5.26 Å². The van der Waals surface area contributed by atoms with Gasteiger partial charge in [-0.05, 0) is 66.6 Å². The second kappa shape index (κ2) is 11.9. The topological polar surface area (TPSA) is 116 Å². The van der Waals surface area contributed by atoms with Gasteiger partial charge in [0.05, 0.1) is 28.1 Å². The number of aromatic nitrogens is 2. The standard InChI is InChI=1S/C34H26N4O3S/c35-19-25-17-24-16-23(21-6-2-1-3-7-21)12-15-29(24)38-33(25)42-20-32(39)36-26-13-10-22(11-14-26)31-18-28(34(40)41)27-8-4-5-9-30(27)37-31/h1-11,13-14,17-18,23H,12,15-16,20H2,(H,36,39)(H,40,41).